The molecule has 4 aromatic rings. The van der Waals surface area contributed by atoms with Gasteiger partial charge in [0.05, 0.1) is 38.7 Å². The molecule has 0 saturated carbocycles. The third-order valence-corrected chi connectivity index (χ3v) is 8.37. The Kier molecular flexibility index (Phi) is 11.2. The van der Waals surface area contributed by atoms with Crippen LogP contribution in [0.15, 0.2) is 73.1 Å². The average molecular weight is 589 g/mol. The van der Waals surface area contributed by atoms with E-state index in [1.165, 1.54) is 10.4 Å². The number of unbranched alkanes of at least 4 members (excludes halogenated alkanes) is 2. The summed E-state index contributed by atoms with van der Waals surface area (Å²) in [7, 11) is 2.10. The molecule has 1 N–H and O–H groups in total. The summed E-state index contributed by atoms with van der Waals surface area (Å²) in [6.07, 6.45) is 6.64. The van der Waals surface area contributed by atoms with Crippen molar-refractivity contribution in [3.05, 3.63) is 89.1 Å². The van der Waals surface area contributed by atoms with Crippen LogP contribution in [-0.2, 0) is 24.4 Å². The molecule has 1 aliphatic rings. The minimum absolute atomic E-state index is 0.0515. The van der Waals surface area contributed by atoms with Crippen molar-refractivity contribution in [2.45, 2.75) is 39.0 Å². The number of morpholine rings is 1. The highest BCUT2D eigenvalue weighted by Gasteiger charge is 2.20. The van der Waals surface area contributed by atoms with E-state index in [4.69, 9.17) is 24.3 Å². The van der Waals surface area contributed by atoms with Crippen LogP contribution in [0.1, 0.15) is 35.3 Å². The number of ether oxygens (including phenoxy) is 3. The molecular formula is C33H40N4O4S. The first-order valence-corrected chi connectivity index (χ1v) is 15.5. The van der Waals surface area contributed by atoms with Crippen molar-refractivity contribution in [1.82, 2.24) is 14.9 Å². The largest absolute Gasteiger partial charge is 0.494 e. The number of anilines is 1. The SMILES string of the molecule is CN(Cc1ccncc1)c1nc(-c2ccc(OCCCCCOc3ccc(CO)cc3)cc2)c(CN2CCOCC2)s1. The number of benzene rings is 2. The molecule has 3 heterocycles. The molecule has 5 rings (SSSR count). The van der Waals surface area contributed by atoms with Gasteiger partial charge in [-0.2, -0.15) is 0 Å². The molecule has 0 bridgehead atoms. The van der Waals surface area contributed by atoms with Crippen molar-refractivity contribution >= 4 is 16.5 Å². The second kappa shape index (κ2) is 15.7. The Bertz CT molecular complexity index is 1340. The first kappa shape index (κ1) is 30.0. The molecular weight excluding hydrogens is 548 g/mol. The van der Waals surface area contributed by atoms with E-state index in [9.17, 15) is 0 Å². The van der Waals surface area contributed by atoms with Crippen molar-refractivity contribution < 1.29 is 19.3 Å². The molecule has 2 aromatic carbocycles. The fourth-order valence-electron chi connectivity index (χ4n) is 4.79. The summed E-state index contributed by atoms with van der Waals surface area (Å²) < 4.78 is 17.4. The molecule has 0 aliphatic carbocycles. The van der Waals surface area contributed by atoms with Gasteiger partial charge < -0.3 is 24.2 Å². The number of aliphatic hydroxyl groups excluding tert-OH is 1. The van der Waals surface area contributed by atoms with Gasteiger partial charge >= 0.3 is 0 Å². The van der Waals surface area contributed by atoms with E-state index in [0.717, 1.165) is 92.1 Å². The number of rotatable bonds is 15. The Morgan fingerprint density at radius 1 is 0.857 bits per heavy atom. The highest BCUT2D eigenvalue weighted by Crippen LogP contribution is 2.35. The molecule has 1 aliphatic heterocycles. The van der Waals surface area contributed by atoms with Crippen LogP contribution in [0.3, 0.4) is 0 Å². The van der Waals surface area contributed by atoms with Crippen molar-refractivity contribution in [2.24, 2.45) is 0 Å². The van der Waals surface area contributed by atoms with Gasteiger partial charge in [-0.05, 0) is 78.9 Å². The van der Waals surface area contributed by atoms with E-state index in [1.54, 1.807) is 11.3 Å². The average Bonchev–Trinajstić information content (AvgIpc) is 3.46. The molecule has 2 aromatic heterocycles. The monoisotopic (exact) mass is 588 g/mol. The van der Waals surface area contributed by atoms with Crippen LogP contribution in [-0.4, -0.2) is 66.5 Å². The van der Waals surface area contributed by atoms with Crippen LogP contribution < -0.4 is 14.4 Å². The van der Waals surface area contributed by atoms with Crippen molar-refractivity contribution in [1.29, 1.82) is 0 Å². The summed E-state index contributed by atoms with van der Waals surface area (Å²) in [4.78, 5) is 15.2. The van der Waals surface area contributed by atoms with Crippen LogP contribution in [0.5, 0.6) is 11.5 Å². The Labute approximate surface area is 252 Å². The Hall–Kier alpha value is -3.50. The van der Waals surface area contributed by atoms with E-state index < -0.39 is 0 Å². The van der Waals surface area contributed by atoms with Gasteiger partial charge in [0.1, 0.15) is 11.5 Å². The van der Waals surface area contributed by atoms with Crippen LogP contribution in [0.4, 0.5) is 5.13 Å². The van der Waals surface area contributed by atoms with Crippen molar-refractivity contribution in [3.8, 4) is 22.8 Å². The van der Waals surface area contributed by atoms with Crippen LogP contribution in [0.2, 0.25) is 0 Å². The van der Waals surface area contributed by atoms with Gasteiger partial charge in [-0.25, -0.2) is 4.98 Å². The number of hydrogen-bond acceptors (Lipinski definition) is 9. The number of thiazole rings is 1. The van der Waals surface area contributed by atoms with Gasteiger partial charge in [0, 0.05) is 56.1 Å². The third-order valence-electron chi connectivity index (χ3n) is 7.21. The van der Waals surface area contributed by atoms with Gasteiger partial charge in [0.2, 0.25) is 0 Å². The summed E-state index contributed by atoms with van der Waals surface area (Å²) in [6.45, 7) is 6.49. The lowest BCUT2D eigenvalue weighted by Gasteiger charge is -2.26. The molecule has 0 radical (unpaired) electrons. The summed E-state index contributed by atoms with van der Waals surface area (Å²) in [5.41, 5.74) is 4.25. The smallest absolute Gasteiger partial charge is 0.186 e. The fraction of sp³-hybridized carbons (Fsp3) is 0.394. The number of aromatic nitrogens is 2. The summed E-state index contributed by atoms with van der Waals surface area (Å²) in [5.74, 6) is 1.71. The molecule has 1 saturated heterocycles. The second-order valence-corrected chi connectivity index (χ2v) is 11.5. The fourth-order valence-corrected chi connectivity index (χ4v) is 5.87. The molecule has 9 heteroatoms. The summed E-state index contributed by atoms with van der Waals surface area (Å²) in [5, 5.41) is 10.1. The van der Waals surface area contributed by atoms with E-state index in [0.29, 0.717) is 13.2 Å². The van der Waals surface area contributed by atoms with Gasteiger partial charge in [-0.3, -0.25) is 9.88 Å². The Balaban J connectivity index is 1.14. The quantitative estimate of drug-likeness (QED) is 0.175. The molecule has 0 atom stereocenters. The Morgan fingerprint density at radius 2 is 1.50 bits per heavy atom. The lowest BCUT2D eigenvalue weighted by molar-refractivity contribution is 0.0347. The number of nitrogens with zero attached hydrogens (tertiary/aromatic N) is 4. The predicted molar refractivity (Wildman–Crippen MR) is 167 cm³/mol. The van der Waals surface area contributed by atoms with Gasteiger partial charge in [0.25, 0.3) is 0 Å². The first-order valence-electron chi connectivity index (χ1n) is 14.6. The van der Waals surface area contributed by atoms with Gasteiger partial charge in [0.15, 0.2) is 5.13 Å². The minimum atomic E-state index is 0.0515. The summed E-state index contributed by atoms with van der Waals surface area (Å²) >= 11 is 1.77. The maximum Gasteiger partial charge on any atom is 0.186 e. The van der Waals surface area contributed by atoms with Crippen LogP contribution >= 0.6 is 11.3 Å². The molecule has 8 nitrogen and oxygen atoms in total. The predicted octanol–water partition coefficient (Wildman–Crippen LogP) is 5.79. The minimum Gasteiger partial charge on any atom is -0.494 e. The molecule has 222 valence electrons. The zero-order valence-corrected chi connectivity index (χ0v) is 25.1. The highest BCUT2D eigenvalue weighted by molar-refractivity contribution is 7.16. The Morgan fingerprint density at radius 3 is 2.14 bits per heavy atom. The normalized spacial score (nSPS) is 13.7. The van der Waals surface area contributed by atoms with Crippen molar-refractivity contribution in [3.63, 3.8) is 0 Å². The summed E-state index contributed by atoms with van der Waals surface area (Å²) in [6, 6.07) is 20.0. The highest BCUT2D eigenvalue weighted by atomic mass is 32.1. The molecule has 0 unspecified atom stereocenters. The van der Waals surface area contributed by atoms with Crippen LogP contribution in [0.25, 0.3) is 11.3 Å². The topological polar surface area (TPSA) is 80.2 Å². The zero-order valence-electron chi connectivity index (χ0n) is 24.3. The van der Waals surface area contributed by atoms with E-state index >= 15 is 0 Å². The van der Waals surface area contributed by atoms with Gasteiger partial charge in [-0.1, -0.05) is 23.5 Å². The molecule has 0 spiro atoms. The van der Waals surface area contributed by atoms with E-state index in [1.807, 2.05) is 60.9 Å². The maximum atomic E-state index is 9.14. The van der Waals surface area contributed by atoms with E-state index in [2.05, 4.69) is 34.0 Å². The number of pyridine rings is 1. The van der Waals surface area contributed by atoms with Crippen LogP contribution in [0, 0.1) is 0 Å². The van der Waals surface area contributed by atoms with Crippen molar-refractivity contribution in [2.75, 3.05) is 51.5 Å². The molecule has 1 fully saturated rings. The number of hydrogen-bond donors (Lipinski definition) is 1. The first-order chi connectivity index (χ1) is 20.7. The van der Waals surface area contributed by atoms with Gasteiger partial charge in [-0.15, -0.1) is 0 Å². The standard InChI is InChI=1S/C33H40N4O4S/c1-36(23-26-13-15-34-16-14-26)33-35-32(31(42-33)24-37-17-21-39-22-18-37)28-7-11-30(12-8-28)41-20-4-2-3-19-40-29-9-5-27(25-38)6-10-29/h5-16,38H,2-4,17-25H2,1H3. The molecule has 0 amide bonds. The zero-order chi connectivity index (χ0) is 29.0. The number of aliphatic hydroxyl groups is 1. The van der Waals surface area contributed by atoms with E-state index in [-0.39, 0.29) is 6.61 Å². The lowest BCUT2D eigenvalue weighted by atomic mass is 10.1. The maximum absolute atomic E-state index is 9.14. The lowest BCUT2D eigenvalue weighted by Crippen LogP contribution is -2.35. The second-order valence-electron chi connectivity index (χ2n) is 10.5. The molecule has 42 heavy (non-hydrogen) atoms. The third kappa shape index (κ3) is 8.75.